The van der Waals surface area contributed by atoms with E-state index >= 15 is 0 Å². The Hall–Kier alpha value is -2.13. The van der Waals surface area contributed by atoms with Crippen molar-refractivity contribution in [3.8, 4) is 0 Å². The molecule has 2 aliphatic heterocycles. The zero-order valence-electron chi connectivity index (χ0n) is 16.6. The van der Waals surface area contributed by atoms with Gasteiger partial charge in [-0.05, 0) is 85.2 Å². The second-order valence-electron chi connectivity index (χ2n) is 8.90. The minimum Gasteiger partial charge on any atom is -0.339 e. The molecule has 0 radical (unpaired) electrons. The summed E-state index contributed by atoms with van der Waals surface area (Å²) < 4.78 is 0. The smallest absolute Gasteiger partial charge is 0.253 e. The molecule has 1 N–H and O–H groups in total. The van der Waals surface area contributed by atoms with Gasteiger partial charge in [0, 0.05) is 25.2 Å². The molecule has 1 aliphatic carbocycles. The molecule has 0 bridgehead atoms. The van der Waals surface area contributed by atoms with Crippen LogP contribution in [0.3, 0.4) is 0 Å². The SMILES string of the molecule is O=C(c1cccc(C2CCCNC2)c1)N1CCC2(CCc3ccccc32)CC1. The Labute approximate surface area is 168 Å². The fraction of sp³-hybridized carbons (Fsp3) is 0.480. The van der Waals surface area contributed by atoms with E-state index in [1.807, 2.05) is 6.07 Å². The number of nitrogens with one attached hydrogen (secondary N) is 1. The molecule has 5 rings (SSSR count). The summed E-state index contributed by atoms with van der Waals surface area (Å²) in [5, 5.41) is 3.49. The lowest BCUT2D eigenvalue weighted by atomic mass is 9.74. The number of nitrogens with zero attached hydrogens (tertiary/aromatic N) is 1. The van der Waals surface area contributed by atoms with E-state index in [4.69, 9.17) is 0 Å². The second kappa shape index (κ2) is 7.36. The maximum atomic E-state index is 13.2. The first kappa shape index (κ1) is 17.9. The Bertz CT molecular complexity index is 860. The van der Waals surface area contributed by atoms with Crippen molar-refractivity contribution in [2.45, 2.75) is 49.9 Å². The Morgan fingerprint density at radius 3 is 2.71 bits per heavy atom. The van der Waals surface area contributed by atoms with Crippen molar-refractivity contribution < 1.29 is 4.79 Å². The topological polar surface area (TPSA) is 32.3 Å². The van der Waals surface area contributed by atoms with Crippen LogP contribution in [0.2, 0.25) is 0 Å². The highest BCUT2D eigenvalue weighted by Crippen LogP contribution is 2.46. The zero-order valence-corrected chi connectivity index (χ0v) is 16.6. The molecule has 2 fully saturated rings. The molecule has 2 aromatic carbocycles. The molecule has 0 aromatic heterocycles. The van der Waals surface area contributed by atoms with Gasteiger partial charge in [0.2, 0.25) is 0 Å². The van der Waals surface area contributed by atoms with Crippen LogP contribution in [0.15, 0.2) is 48.5 Å². The average Bonchev–Trinajstić information content (AvgIpc) is 3.13. The van der Waals surface area contributed by atoms with Crippen LogP contribution in [0.1, 0.15) is 65.1 Å². The van der Waals surface area contributed by atoms with Crippen molar-refractivity contribution in [3.63, 3.8) is 0 Å². The van der Waals surface area contributed by atoms with Gasteiger partial charge in [-0.15, -0.1) is 0 Å². The van der Waals surface area contributed by atoms with Gasteiger partial charge >= 0.3 is 0 Å². The summed E-state index contributed by atoms with van der Waals surface area (Å²) >= 11 is 0. The van der Waals surface area contributed by atoms with Crippen LogP contribution in [0.25, 0.3) is 0 Å². The molecule has 1 atom stereocenters. The zero-order chi connectivity index (χ0) is 19.0. The number of carbonyl (C=O) groups excluding carboxylic acids is 1. The number of rotatable bonds is 2. The summed E-state index contributed by atoms with van der Waals surface area (Å²) in [5.41, 5.74) is 5.57. The highest BCUT2D eigenvalue weighted by atomic mass is 16.2. The van der Waals surface area contributed by atoms with Crippen LogP contribution in [0.5, 0.6) is 0 Å². The molecular formula is C25H30N2O. The third kappa shape index (κ3) is 3.16. The fourth-order valence-corrected chi connectivity index (χ4v) is 5.67. The van der Waals surface area contributed by atoms with Crippen molar-refractivity contribution in [3.05, 3.63) is 70.8 Å². The molecule has 3 aliphatic rings. The van der Waals surface area contributed by atoms with Gasteiger partial charge in [0.1, 0.15) is 0 Å². The van der Waals surface area contributed by atoms with Gasteiger partial charge in [0.15, 0.2) is 0 Å². The molecule has 2 aromatic rings. The van der Waals surface area contributed by atoms with Crippen molar-refractivity contribution in [1.82, 2.24) is 10.2 Å². The van der Waals surface area contributed by atoms with Crippen LogP contribution in [-0.2, 0) is 11.8 Å². The van der Waals surface area contributed by atoms with E-state index in [0.717, 1.165) is 44.6 Å². The third-order valence-corrected chi connectivity index (χ3v) is 7.37. The lowest BCUT2D eigenvalue weighted by molar-refractivity contribution is 0.0666. The predicted octanol–water partition coefficient (Wildman–Crippen LogP) is 4.27. The quantitative estimate of drug-likeness (QED) is 0.851. The van der Waals surface area contributed by atoms with Crippen LogP contribution in [-0.4, -0.2) is 37.0 Å². The summed E-state index contributed by atoms with van der Waals surface area (Å²) in [7, 11) is 0. The number of piperidine rings is 2. The summed E-state index contributed by atoms with van der Waals surface area (Å²) in [5.74, 6) is 0.757. The van der Waals surface area contributed by atoms with Crippen LogP contribution >= 0.6 is 0 Å². The van der Waals surface area contributed by atoms with Crippen molar-refractivity contribution in [2.24, 2.45) is 0 Å². The molecule has 2 saturated heterocycles. The third-order valence-electron chi connectivity index (χ3n) is 7.37. The lowest BCUT2D eigenvalue weighted by Crippen LogP contribution is -2.44. The summed E-state index contributed by atoms with van der Waals surface area (Å²) in [4.78, 5) is 15.3. The van der Waals surface area contributed by atoms with Gasteiger partial charge in [-0.25, -0.2) is 0 Å². The Balaban J connectivity index is 1.29. The number of amides is 1. The first-order valence-electron chi connectivity index (χ1n) is 10.9. The molecule has 1 spiro atoms. The van der Waals surface area contributed by atoms with E-state index in [1.54, 1.807) is 5.56 Å². The van der Waals surface area contributed by atoms with Gasteiger partial charge in [0.05, 0.1) is 0 Å². The first-order valence-corrected chi connectivity index (χ1v) is 10.9. The van der Waals surface area contributed by atoms with Gasteiger partial charge in [-0.3, -0.25) is 4.79 Å². The normalized spacial score (nSPS) is 23.6. The lowest BCUT2D eigenvalue weighted by Gasteiger charge is -2.40. The van der Waals surface area contributed by atoms with E-state index in [0.29, 0.717) is 11.3 Å². The van der Waals surface area contributed by atoms with Crippen molar-refractivity contribution in [1.29, 1.82) is 0 Å². The number of hydrogen-bond acceptors (Lipinski definition) is 2. The van der Waals surface area contributed by atoms with Gasteiger partial charge < -0.3 is 10.2 Å². The molecule has 1 amide bonds. The number of carbonyl (C=O) groups is 1. The maximum absolute atomic E-state index is 13.2. The molecule has 146 valence electrons. The Kier molecular flexibility index (Phi) is 4.72. The first-order chi connectivity index (χ1) is 13.8. The molecule has 0 saturated carbocycles. The number of benzene rings is 2. The monoisotopic (exact) mass is 374 g/mol. The van der Waals surface area contributed by atoms with Crippen molar-refractivity contribution in [2.75, 3.05) is 26.2 Å². The number of aryl methyl sites for hydroxylation is 1. The van der Waals surface area contributed by atoms with Crippen molar-refractivity contribution >= 4 is 5.91 Å². The van der Waals surface area contributed by atoms with Crippen LogP contribution in [0.4, 0.5) is 0 Å². The highest BCUT2D eigenvalue weighted by Gasteiger charge is 2.41. The second-order valence-corrected chi connectivity index (χ2v) is 8.90. The van der Waals surface area contributed by atoms with Gasteiger partial charge in [0.25, 0.3) is 5.91 Å². The Morgan fingerprint density at radius 1 is 1.04 bits per heavy atom. The number of hydrogen-bond donors (Lipinski definition) is 1. The van der Waals surface area contributed by atoms with E-state index in [-0.39, 0.29) is 5.91 Å². The predicted molar refractivity (Wildman–Crippen MR) is 113 cm³/mol. The molecule has 2 heterocycles. The van der Waals surface area contributed by atoms with Gasteiger partial charge in [-0.1, -0.05) is 36.4 Å². The Morgan fingerprint density at radius 2 is 1.89 bits per heavy atom. The molecule has 1 unspecified atom stereocenters. The maximum Gasteiger partial charge on any atom is 0.253 e. The fourth-order valence-electron chi connectivity index (χ4n) is 5.67. The van der Waals surface area contributed by atoms with Gasteiger partial charge in [-0.2, -0.15) is 0 Å². The largest absolute Gasteiger partial charge is 0.339 e. The van der Waals surface area contributed by atoms with E-state index in [2.05, 4.69) is 52.7 Å². The minimum atomic E-state index is 0.215. The van der Waals surface area contributed by atoms with Crippen LogP contribution in [0, 0.1) is 0 Å². The summed E-state index contributed by atoms with van der Waals surface area (Å²) in [6.07, 6.45) is 7.08. The summed E-state index contributed by atoms with van der Waals surface area (Å²) in [6, 6.07) is 17.3. The van der Waals surface area contributed by atoms with Crippen LogP contribution < -0.4 is 5.32 Å². The molecule has 3 nitrogen and oxygen atoms in total. The average molecular weight is 375 g/mol. The standard InChI is InChI=1S/C25H30N2O/c28-24(21-7-3-6-20(17-21)22-8-4-14-26-18-22)27-15-12-25(13-16-27)11-10-19-5-1-2-9-23(19)25/h1-3,5-7,9,17,22,26H,4,8,10-16,18H2. The van der Waals surface area contributed by atoms with E-state index in [1.165, 1.54) is 36.8 Å². The molecular weight excluding hydrogens is 344 g/mol. The number of likely N-dealkylation sites (tertiary alicyclic amines) is 1. The molecule has 28 heavy (non-hydrogen) atoms. The minimum absolute atomic E-state index is 0.215. The van der Waals surface area contributed by atoms with E-state index < -0.39 is 0 Å². The number of fused-ring (bicyclic) bond motifs is 2. The molecule has 3 heteroatoms. The summed E-state index contributed by atoms with van der Waals surface area (Å²) in [6.45, 7) is 3.90. The van der Waals surface area contributed by atoms with E-state index in [9.17, 15) is 4.79 Å². The highest BCUT2D eigenvalue weighted by molar-refractivity contribution is 5.94.